The third-order valence-corrected chi connectivity index (χ3v) is 11.9. The van der Waals surface area contributed by atoms with Crippen LogP contribution in [0.15, 0.2) is 173 Å². The van der Waals surface area contributed by atoms with Crippen LogP contribution in [0.1, 0.15) is 44.0 Å². The van der Waals surface area contributed by atoms with E-state index in [1.165, 1.54) is 12.1 Å². The van der Waals surface area contributed by atoms with E-state index in [1.54, 1.807) is 30.3 Å². The molecule has 6 aromatic carbocycles. The number of benzene rings is 7. The van der Waals surface area contributed by atoms with Crippen LogP contribution >= 0.6 is 11.6 Å². The number of rotatable bonds is 12. The zero-order valence-electron chi connectivity index (χ0n) is 34.3. The summed E-state index contributed by atoms with van der Waals surface area (Å²) in [6, 6.07) is 51.6. The number of nitrogens with one attached hydrogen (secondary N) is 2. The van der Waals surface area contributed by atoms with Crippen molar-refractivity contribution >= 4 is 61.7 Å². The summed E-state index contributed by atoms with van der Waals surface area (Å²) >= 11 is 6.79. The van der Waals surface area contributed by atoms with Gasteiger partial charge in [-0.1, -0.05) is 127 Å². The predicted octanol–water partition coefficient (Wildman–Crippen LogP) is 12.1. The molecule has 0 saturated heterocycles. The first-order valence-corrected chi connectivity index (χ1v) is 21.2. The average Bonchev–Trinajstić information content (AvgIpc) is 3.31. The van der Waals surface area contributed by atoms with Crippen molar-refractivity contribution in [1.82, 2.24) is 9.97 Å². The molecule has 0 fully saturated rings. The number of carboxylic acid groups (broad SMARTS) is 1. The summed E-state index contributed by atoms with van der Waals surface area (Å²) < 4.78 is 6.83. The van der Waals surface area contributed by atoms with Crippen molar-refractivity contribution < 1.29 is 19.4 Å². The van der Waals surface area contributed by atoms with Crippen molar-refractivity contribution in [1.29, 1.82) is 0 Å². The molecular formula is C54H39ClN4O5. The Hall–Kier alpha value is -8.01. The third kappa shape index (κ3) is 7.74. The van der Waals surface area contributed by atoms with Gasteiger partial charge in [-0.3, -0.25) is 14.8 Å². The molecule has 4 N–H and O–H groups in total. The van der Waals surface area contributed by atoms with Gasteiger partial charge in [0.05, 0.1) is 44.1 Å². The number of carboxylic acids is 1. The van der Waals surface area contributed by atoms with E-state index in [9.17, 15) is 19.8 Å². The summed E-state index contributed by atoms with van der Waals surface area (Å²) in [6.45, 7) is 0.0916. The van der Waals surface area contributed by atoms with Gasteiger partial charge < -0.3 is 25.3 Å². The maximum atomic E-state index is 14.2. The van der Waals surface area contributed by atoms with Gasteiger partial charge in [0.1, 0.15) is 17.1 Å². The lowest BCUT2D eigenvalue weighted by atomic mass is 9.88. The minimum Gasteiger partial charge on any atom is -0.507 e. The molecule has 1 aliphatic heterocycles. The summed E-state index contributed by atoms with van der Waals surface area (Å²) in [5.41, 5.74) is 8.86. The van der Waals surface area contributed by atoms with Crippen molar-refractivity contribution in [2.75, 3.05) is 10.6 Å². The van der Waals surface area contributed by atoms with Crippen LogP contribution in [-0.4, -0.2) is 26.2 Å². The number of aromatic hydroxyl groups is 1. The number of fused-ring (bicyclic) bond motifs is 4. The molecule has 312 valence electrons. The fourth-order valence-corrected chi connectivity index (χ4v) is 8.71. The number of para-hydroxylation sites is 2. The number of carbonyl (C=O) groups is 1. The Morgan fingerprint density at radius 1 is 0.609 bits per heavy atom. The number of hydrogen-bond acceptors (Lipinski definition) is 8. The van der Waals surface area contributed by atoms with E-state index < -0.39 is 11.4 Å². The van der Waals surface area contributed by atoms with Gasteiger partial charge in [0, 0.05) is 64.6 Å². The molecule has 0 bridgehead atoms. The topological polar surface area (TPSA) is 138 Å². The number of pyridine rings is 2. The molecule has 0 spiro atoms. The SMILES string of the molecule is O=C(O)c1ccccc1-c1c2cc(Cl)c(=O)c(CNc3cccc4ccc(Cc5ccccc5)nc34)c-2oc2c(CNc3cccc4ccc(Cc5ccccc5)nc34)c(O)ccc12. The number of aromatic nitrogens is 2. The summed E-state index contributed by atoms with van der Waals surface area (Å²) in [6.07, 6.45) is 1.31. The van der Waals surface area contributed by atoms with E-state index >= 15 is 0 Å². The van der Waals surface area contributed by atoms with Gasteiger partial charge in [-0.2, -0.15) is 0 Å². The second kappa shape index (κ2) is 17.0. The lowest BCUT2D eigenvalue weighted by molar-refractivity contribution is 0.0697. The fourth-order valence-electron chi connectivity index (χ4n) is 8.49. The molecule has 9 nitrogen and oxygen atoms in total. The van der Waals surface area contributed by atoms with Crippen LogP contribution < -0.4 is 16.1 Å². The summed E-state index contributed by atoms with van der Waals surface area (Å²) in [4.78, 5) is 37.1. The van der Waals surface area contributed by atoms with Crippen LogP contribution in [0.5, 0.6) is 5.75 Å². The van der Waals surface area contributed by atoms with E-state index in [0.717, 1.165) is 50.0 Å². The highest BCUT2D eigenvalue weighted by atomic mass is 35.5. The Morgan fingerprint density at radius 2 is 1.17 bits per heavy atom. The predicted molar refractivity (Wildman–Crippen MR) is 255 cm³/mol. The number of nitrogens with zero attached hydrogens (tertiary/aromatic N) is 2. The molecule has 3 heterocycles. The lowest BCUT2D eigenvalue weighted by Crippen LogP contribution is -2.17. The lowest BCUT2D eigenvalue weighted by Gasteiger charge is -2.21. The second-order valence-corrected chi connectivity index (χ2v) is 16.1. The van der Waals surface area contributed by atoms with Gasteiger partial charge in [-0.15, -0.1) is 0 Å². The van der Waals surface area contributed by atoms with Crippen molar-refractivity contribution in [2.45, 2.75) is 25.9 Å². The molecule has 0 atom stereocenters. The van der Waals surface area contributed by atoms with Crippen molar-refractivity contribution in [3.8, 4) is 28.2 Å². The van der Waals surface area contributed by atoms with E-state index in [2.05, 4.69) is 34.9 Å². The summed E-state index contributed by atoms with van der Waals surface area (Å²) in [5.74, 6) is -0.980. The highest BCUT2D eigenvalue weighted by Crippen LogP contribution is 2.46. The Morgan fingerprint density at radius 3 is 1.77 bits per heavy atom. The van der Waals surface area contributed by atoms with Crippen molar-refractivity contribution in [3.63, 3.8) is 0 Å². The zero-order valence-corrected chi connectivity index (χ0v) is 35.1. The van der Waals surface area contributed by atoms with E-state index in [4.69, 9.17) is 26.0 Å². The highest BCUT2D eigenvalue weighted by molar-refractivity contribution is 6.31. The Balaban J connectivity index is 1.09. The number of halogens is 1. The number of hydrogen-bond donors (Lipinski definition) is 4. The van der Waals surface area contributed by atoms with Gasteiger partial charge in [0.25, 0.3) is 0 Å². The number of phenols is 1. The molecule has 0 unspecified atom stereocenters. The van der Waals surface area contributed by atoms with Gasteiger partial charge in [0.15, 0.2) is 0 Å². The number of phenolic OH excluding ortho intramolecular Hbond substituents is 1. The van der Waals surface area contributed by atoms with Crippen LogP contribution in [-0.2, 0) is 25.9 Å². The first-order chi connectivity index (χ1) is 31.3. The van der Waals surface area contributed by atoms with Gasteiger partial charge in [0.2, 0.25) is 5.43 Å². The van der Waals surface area contributed by atoms with Gasteiger partial charge >= 0.3 is 5.97 Å². The number of anilines is 2. The Labute approximate surface area is 372 Å². The van der Waals surface area contributed by atoms with Crippen LogP contribution in [0.2, 0.25) is 5.02 Å². The molecule has 2 aromatic heterocycles. The van der Waals surface area contributed by atoms with E-state index in [1.807, 2.05) is 97.1 Å². The largest absolute Gasteiger partial charge is 0.507 e. The smallest absolute Gasteiger partial charge is 0.336 e. The minimum atomic E-state index is -1.13. The van der Waals surface area contributed by atoms with E-state index in [0.29, 0.717) is 46.2 Å². The molecule has 0 saturated carbocycles. The van der Waals surface area contributed by atoms with Gasteiger partial charge in [-0.05, 0) is 65.2 Å². The minimum absolute atomic E-state index is 0.00594. The maximum absolute atomic E-state index is 14.2. The molecule has 0 amide bonds. The molecule has 10 rings (SSSR count). The molecule has 1 aliphatic carbocycles. The first kappa shape index (κ1) is 40.1. The van der Waals surface area contributed by atoms with Crippen molar-refractivity contribution in [2.24, 2.45) is 0 Å². The van der Waals surface area contributed by atoms with Crippen molar-refractivity contribution in [3.05, 3.63) is 218 Å². The average molecular weight is 859 g/mol. The highest BCUT2D eigenvalue weighted by Gasteiger charge is 2.28. The first-order valence-electron chi connectivity index (χ1n) is 20.9. The van der Waals surface area contributed by atoms with Gasteiger partial charge in [-0.25, -0.2) is 4.79 Å². The number of aromatic carboxylic acids is 1. The summed E-state index contributed by atoms with van der Waals surface area (Å²) in [5, 5.41) is 31.4. The normalized spacial score (nSPS) is 11.4. The molecule has 10 heteroatoms. The second-order valence-electron chi connectivity index (χ2n) is 15.7. The zero-order chi connectivity index (χ0) is 43.7. The molecule has 64 heavy (non-hydrogen) atoms. The van der Waals surface area contributed by atoms with Crippen LogP contribution in [0.25, 0.3) is 55.2 Å². The summed E-state index contributed by atoms with van der Waals surface area (Å²) in [7, 11) is 0. The molecule has 0 radical (unpaired) electrons. The van der Waals surface area contributed by atoms with Crippen LogP contribution in [0, 0.1) is 0 Å². The van der Waals surface area contributed by atoms with Crippen LogP contribution in [0.3, 0.4) is 0 Å². The fraction of sp³-hybridized carbons (Fsp3) is 0.0741. The Kier molecular flexibility index (Phi) is 10.7. The molecular weight excluding hydrogens is 820 g/mol. The van der Waals surface area contributed by atoms with Crippen LogP contribution in [0.4, 0.5) is 11.4 Å². The standard InChI is InChI=1S/C54H39ClN4O5/c55-44-29-41-48(38-17-7-8-18-39(38)54(62)63)40-25-26-47(60)42(30-56-45-19-9-15-34-21-23-36(58-49(34)45)27-32-11-3-1-4-12-32)52(40)64-53(41)43(51(44)61)31-57-46-20-10-16-35-22-24-37(59-50(35)46)28-33-13-5-2-6-14-33/h1-26,29,56-57,60H,27-28,30-31H2,(H,62,63). The molecule has 2 aliphatic rings. The maximum Gasteiger partial charge on any atom is 0.336 e. The molecule has 8 aromatic rings. The quantitative estimate of drug-likeness (QED) is 0.0885. The third-order valence-electron chi connectivity index (χ3n) is 11.6. The Bertz CT molecular complexity index is 3430. The monoisotopic (exact) mass is 858 g/mol. The van der Waals surface area contributed by atoms with E-state index in [-0.39, 0.29) is 46.3 Å².